The Hall–Kier alpha value is -2.97. The standard InChI is InChI=1S/C18H17NO7/c1-10-19-15-16(25-13(20)8-22-2)11-6-4-5-7-12(11)17(18(15)24-10)26-14(21)9-23-3/h4-7H,8-9H2,1-3H3. The summed E-state index contributed by atoms with van der Waals surface area (Å²) in [6.45, 7) is 1.22. The highest BCUT2D eigenvalue weighted by Gasteiger charge is 2.24. The van der Waals surface area contributed by atoms with Crippen molar-refractivity contribution in [3.05, 3.63) is 30.2 Å². The van der Waals surface area contributed by atoms with Crippen LogP contribution in [-0.2, 0) is 19.1 Å². The predicted molar refractivity (Wildman–Crippen MR) is 91.3 cm³/mol. The third kappa shape index (κ3) is 3.37. The number of ether oxygens (including phenoxy) is 4. The lowest BCUT2D eigenvalue weighted by Gasteiger charge is -2.12. The second kappa shape index (κ2) is 7.51. The number of carbonyl (C=O) groups excluding carboxylic acids is 2. The highest BCUT2D eigenvalue weighted by atomic mass is 16.6. The third-order valence-corrected chi connectivity index (χ3v) is 3.53. The van der Waals surface area contributed by atoms with Gasteiger partial charge in [0.25, 0.3) is 0 Å². The second-order valence-corrected chi connectivity index (χ2v) is 5.43. The molecule has 0 aliphatic rings. The molecule has 8 nitrogen and oxygen atoms in total. The summed E-state index contributed by atoms with van der Waals surface area (Å²) < 4.78 is 26.1. The molecule has 0 spiro atoms. The van der Waals surface area contributed by atoms with Gasteiger partial charge in [0.1, 0.15) is 13.2 Å². The van der Waals surface area contributed by atoms with Crippen LogP contribution in [0.4, 0.5) is 0 Å². The fourth-order valence-corrected chi connectivity index (χ4v) is 2.59. The summed E-state index contributed by atoms with van der Waals surface area (Å²) in [5.74, 6) is -0.407. The van der Waals surface area contributed by atoms with Gasteiger partial charge in [-0.25, -0.2) is 14.6 Å². The van der Waals surface area contributed by atoms with E-state index in [-0.39, 0.29) is 35.8 Å². The van der Waals surface area contributed by atoms with Gasteiger partial charge in [-0.1, -0.05) is 24.3 Å². The van der Waals surface area contributed by atoms with Crippen LogP contribution in [0.25, 0.3) is 21.9 Å². The molecule has 0 aliphatic carbocycles. The molecule has 2 aromatic carbocycles. The van der Waals surface area contributed by atoms with E-state index in [1.807, 2.05) is 0 Å². The Morgan fingerprint density at radius 2 is 1.50 bits per heavy atom. The van der Waals surface area contributed by atoms with E-state index in [9.17, 15) is 9.59 Å². The molecule has 0 saturated heterocycles. The zero-order chi connectivity index (χ0) is 18.7. The molecule has 3 rings (SSSR count). The van der Waals surface area contributed by atoms with Crippen LogP contribution < -0.4 is 9.47 Å². The van der Waals surface area contributed by atoms with Crippen LogP contribution in [0.5, 0.6) is 11.5 Å². The minimum Gasteiger partial charge on any atom is -0.437 e. The smallest absolute Gasteiger partial charge is 0.337 e. The number of fused-ring (bicyclic) bond motifs is 2. The van der Waals surface area contributed by atoms with Crippen molar-refractivity contribution in [1.29, 1.82) is 0 Å². The minimum atomic E-state index is -0.586. The first kappa shape index (κ1) is 17.8. The number of methoxy groups -OCH3 is 2. The van der Waals surface area contributed by atoms with Gasteiger partial charge in [-0.15, -0.1) is 0 Å². The van der Waals surface area contributed by atoms with Gasteiger partial charge < -0.3 is 23.4 Å². The van der Waals surface area contributed by atoms with Crippen LogP contribution in [0, 0.1) is 6.92 Å². The van der Waals surface area contributed by atoms with Crippen LogP contribution in [0.2, 0.25) is 0 Å². The highest BCUT2D eigenvalue weighted by Crippen LogP contribution is 2.42. The molecule has 0 unspecified atom stereocenters. The number of aromatic nitrogens is 1. The fraction of sp³-hybridized carbons (Fsp3) is 0.278. The van der Waals surface area contributed by atoms with Gasteiger partial charge in [-0.3, -0.25) is 0 Å². The van der Waals surface area contributed by atoms with Crippen molar-refractivity contribution in [1.82, 2.24) is 4.98 Å². The number of oxazole rings is 1. The normalized spacial score (nSPS) is 11.0. The molecular weight excluding hydrogens is 342 g/mol. The lowest BCUT2D eigenvalue weighted by atomic mass is 10.1. The van der Waals surface area contributed by atoms with E-state index in [4.69, 9.17) is 23.4 Å². The zero-order valence-corrected chi connectivity index (χ0v) is 14.5. The first-order chi connectivity index (χ1) is 12.5. The molecule has 0 bridgehead atoms. The molecule has 136 valence electrons. The van der Waals surface area contributed by atoms with E-state index >= 15 is 0 Å². The van der Waals surface area contributed by atoms with Gasteiger partial charge in [0.05, 0.1) is 0 Å². The van der Waals surface area contributed by atoms with Crippen molar-refractivity contribution in [2.75, 3.05) is 27.4 Å². The summed E-state index contributed by atoms with van der Waals surface area (Å²) in [5.41, 5.74) is 0.497. The third-order valence-electron chi connectivity index (χ3n) is 3.53. The van der Waals surface area contributed by atoms with E-state index < -0.39 is 11.9 Å². The van der Waals surface area contributed by atoms with Crippen LogP contribution >= 0.6 is 0 Å². The van der Waals surface area contributed by atoms with Crippen molar-refractivity contribution in [2.24, 2.45) is 0 Å². The van der Waals surface area contributed by atoms with Crippen LogP contribution in [0.15, 0.2) is 28.7 Å². The topological polar surface area (TPSA) is 97.1 Å². The lowest BCUT2D eigenvalue weighted by Crippen LogP contribution is -2.16. The number of esters is 2. The SMILES string of the molecule is COCC(=O)Oc1c2ccccc2c(OC(=O)COC)c2oc(C)nc12. The van der Waals surface area contributed by atoms with Crippen molar-refractivity contribution in [3.63, 3.8) is 0 Å². The summed E-state index contributed by atoms with van der Waals surface area (Å²) in [5, 5.41) is 1.10. The molecule has 3 aromatic rings. The molecule has 0 saturated carbocycles. The number of carbonyl (C=O) groups is 2. The van der Waals surface area contributed by atoms with Crippen molar-refractivity contribution < 1.29 is 33.0 Å². The maximum absolute atomic E-state index is 11.9. The molecule has 26 heavy (non-hydrogen) atoms. The highest BCUT2D eigenvalue weighted by molar-refractivity contribution is 6.09. The van der Waals surface area contributed by atoms with Gasteiger partial charge >= 0.3 is 11.9 Å². The van der Waals surface area contributed by atoms with Gasteiger partial charge in [0.2, 0.25) is 5.58 Å². The minimum absolute atomic E-state index is 0.199. The van der Waals surface area contributed by atoms with Gasteiger partial charge in [-0.2, -0.15) is 0 Å². The number of aryl methyl sites for hydroxylation is 1. The maximum atomic E-state index is 11.9. The molecule has 0 N–H and O–H groups in total. The summed E-state index contributed by atoms with van der Waals surface area (Å²) in [6.07, 6.45) is 0. The van der Waals surface area contributed by atoms with E-state index in [1.54, 1.807) is 31.2 Å². The summed E-state index contributed by atoms with van der Waals surface area (Å²) in [6, 6.07) is 7.01. The van der Waals surface area contributed by atoms with Crippen LogP contribution in [0.1, 0.15) is 5.89 Å². The summed E-state index contributed by atoms with van der Waals surface area (Å²) >= 11 is 0. The Morgan fingerprint density at radius 3 is 2.08 bits per heavy atom. The Kier molecular flexibility index (Phi) is 5.15. The molecular formula is C18H17NO7. The van der Waals surface area contributed by atoms with E-state index in [1.165, 1.54) is 14.2 Å². The van der Waals surface area contributed by atoms with Crippen molar-refractivity contribution >= 4 is 33.8 Å². The number of benzene rings is 2. The first-order valence-electron chi connectivity index (χ1n) is 7.76. The number of hydrogen-bond acceptors (Lipinski definition) is 8. The monoisotopic (exact) mass is 359 g/mol. The maximum Gasteiger partial charge on any atom is 0.337 e. The first-order valence-corrected chi connectivity index (χ1v) is 7.76. The van der Waals surface area contributed by atoms with Gasteiger partial charge in [0.15, 0.2) is 22.9 Å². The van der Waals surface area contributed by atoms with E-state index in [0.29, 0.717) is 16.7 Å². The Morgan fingerprint density at radius 1 is 0.962 bits per heavy atom. The molecule has 0 aliphatic heterocycles. The number of rotatable bonds is 6. The van der Waals surface area contributed by atoms with E-state index in [0.717, 1.165) is 0 Å². The van der Waals surface area contributed by atoms with Crippen LogP contribution in [-0.4, -0.2) is 44.4 Å². The Balaban J connectivity index is 2.24. The van der Waals surface area contributed by atoms with Gasteiger partial charge in [-0.05, 0) is 0 Å². The molecule has 0 amide bonds. The van der Waals surface area contributed by atoms with Crippen molar-refractivity contribution in [3.8, 4) is 11.5 Å². The van der Waals surface area contributed by atoms with Crippen LogP contribution in [0.3, 0.4) is 0 Å². The summed E-state index contributed by atoms with van der Waals surface area (Å²) in [4.78, 5) is 28.2. The number of hydrogen-bond donors (Lipinski definition) is 0. The van der Waals surface area contributed by atoms with Crippen molar-refractivity contribution in [2.45, 2.75) is 6.92 Å². The molecule has 0 atom stereocenters. The molecule has 0 fully saturated rings. The fourth-order valence-electron chi connectivity index (χ4n) is 2.59. The molecule has 1 aromatic heterocycles. The lowest BCUT2D eigenvalue weighted by molar-refractivity contribution is -0.139. The quantitative estimate of drug-likeness (QED) is 0.489. The molecule has 0 radical (unpaired) electrons. The van der Waals surface area contributed by atoms with Gasteiger partial charge in [0, 0.05) is 31.9 Å². The average Bonchev–Trinajstić information content (AvgIpc) is 3.00. The Bertz CT molecular complexity index is 900. The largest absolute Gasteiger partial charge is 0.437 e. The summed E-state index contributed by atoms with van der Waals surface area (Å²) in [7, 11) is 2.79. The molecule has 8 heteroatoms. The second-order valence-electron chi connectivity index (χ2n) is 5.43. The predicted octanol–water partition coefficient (Wildman–Crippen LogP) is 2.39. The Labute approximate surface area is 148 Å². The number of nitrogens with zero attached hydrogens (tertiary/aromatic N) is 1. The van der Waals surface area contributed by atoms with E-state index in [2.05, 4.69) is 4.98 Å². The zero-order valence-electron chi connectivity index (χ0n) is 14.5. The molecule has 1 heterocycles. The average molecular weight is 359 g/mol.